The molecule has 0 aliphatic heterocycles. The number of unbranched alkanes of at least 4 members (excludes halogenated alkanes) is 5. The zero-order chi connectivity index (χ0) is 17.8. The summed E-state index contributed by atoms with van der Waals surface area (Å²) in [6.45, 7) is 2.16. The van der Waals surface area contributed by atoms with Gasteiger partial charge in [0.05, 0.1) is 6.10 Å². The fraction of sp³-hybridized carbons (Fsp3) is 0.800. The first-order valence-corrected chi connectivity index (χ1v) is 9.66. The van der Waals surface area contributed by atoms with Crippen molar-refractivity contribution in [2.75, 3.05) is 0 Å². The van der Waals surface area contributed by atoms with E-state index in [1.165, 1.54) is 18.4 Å². The maximum absolute atomic E-state index is 12.1. The first-order chi connectivity index (χ1) is 11.5. The highest BCUT2D eigenvalue weighted by Gasteiger charge is 2.26. The van der Waals surface area contributed by atoms with Crippen molar-refractivity contribution < 1.29 is 19.8 Å². The molecule has 0 amide bonds. The molecule has 1 aliphatic rings. The number of carboxylic acid groups (broad SMARTS) is 1. The van der Waals surface area contributed by atoms with E-state index in [0.717, 1.165) is 57.8 Å². The van der Waals surface area contributed by atoms with Crippen LogP contribution in [0, 0.1) is 5.92 Å². The Kier molecular flexibility index (Phi) is 10.6. The lowest BCUT2D eigenvalue weighted by molar-refractivity contribution is -0.137. The second kappa shape index (κ2) is 12.2. The number of allylic oxidation sites excluding steroid dienone is 2. The summed E-state index contributed by atoms with van der Waals surface area (Å²) in [7, 11) is 0. The fourth-order valence-corrected chi connectivity index (χ4v) is 3.43. The van der Waals surface area contributed by atoms with Crippen LogP contribution in [0.5, 0.6) is 0 Å². The summed E-state index contributed by atoms with van der Waals surface area (Å²) < 4.78 is 0. The van der Waals surface area contributed by atoms with E-state index in [-0.39, 0.29) is 18.4 Å². The van der Waals surface area contributed by atoms with Gasteiger partial charge >= 0.3 is 5.97 Å². The molecule has 0 aromatic rings. The predicted octanol–water partition coefficient (Wildman–Crippen LogP) is 4.65. The van der Waals surface area contributed by atoms with Gasteiger partial charge in [0, 0.05) is 18.8 Å². The average molecular weight is 338 g/mol. The Morgan fingerprint density at radius 3 is 2.62 bits per heavy atom. The van der Waals surface area contributed by atoms with Crippen molar-refractivity contribution in [3.05, 3.63) is 11.6 Å². The summed E-state index contributed by atoms with van der Waals surface area (Å²) >= 11 is 0. The van der Waals surface area contributed by atoms with E-state index in [2.05, 4.69) is 13.0 Å². The predicted molar refractivity (Wildman–Crippen MR) is 95.9 cm³/mol. The Morgan fingerprint density at radius 2 is 1.92 bits per heavy atom. The highest BCUT2D eigenvalue weighted by atomic mass is 16.4. The lowest BCUT2D eigenvalue weighted by atomic mass is 9.90. The normalized spacial score (nSPS) is 18.7. The van der Waals surface area contributed by atoms with Crippen molar-refractivity contribution in [3.8, 4) is 0 Å². The van der Waals surface area contributed by atoms with E-state index in [1.54, 1.807) is 0 Å². The number of hydrogen-bond donors (Lipinski definition) is 2. The number of aliphatic hydroxyl groups is 1. The Bertz CT molecular complexity index is 414. The number of aliphatic carboxylic acids is 1. The maximum Gasteiger partial charge on any atom is 0.303 e. The molecule has 1 rings (SSSR count). The molecule has 4 nitrogen and oxygen atoms in total. The molecule has 1 aliphatic carbocycles. The molecular formula is C20H34O4. The van der Waals surface area contributed by atoms with E-state index in [9.17, 15) is 14.7 Å². The number of carbonyl (C=O) groups excluding carboxylic acids is 1. The Balaban J connectivity index is 2.21. The summed E-state index contributed by atoms with van der Waals surface area (Å²) in [4.78, 5) is 22.5. The van der Waals surface area contributed by atoms with Crippen LogP contribution in [0.1, 0.15) is 90.4 Å². The number of hydrogen-bond acceptors (Lipinski definition) is 3. The van der Waals surface area contributed by atoms with E-state index < -0.39 is 5.97 Å². The quantitative estimate of drug-likeness (QED) is 0.357. The van der Waals surface area contributed by atoms with E-state index in [1.807, 2.05) is 0 Å². The van der Waals surface area contributed by atoms with Crippen LogP contribution >= 0.6 is 0 Å². The molecule has 0 aromatic carbocycles. The third-order valence-electron chi connectivity index (χ3n) is 4.94. The van der Waals surface area contributed by atoms with Gasteiger partial charge in [-0.1, -0.05) is 57.1 Å². The van der Waals surface area contributed by atoms with Crippen LogP contribution in [0.3, 0.4) is 0 Å². The smallest absolute Gasteiger partial charge is 0.303 e. The molecule has 0 unspecified atom stereocenters. The van der Waals surface area contributed by atoms with Crippen molar-refractivity contribution in [1.82, 2.24) is 0 Å². The lowest BCUT2D eigenvalue weighted by Crippen LogP contribution is -2.13. The summed E-state index contributed by atoms with van der Waals surface area (Å²) in [5.74, 6) is -0.369. The lowest BCUT2D eigenvalue weighted by Gasteiger charge is -2.16. The van der Waals surface area contributed by atoms with Gasteiger partial charge in [0.2, 0.25) is 0 Å². The zero-order valence-corrected chi connectivity index (χ0v) is 15.1. The summed E-state index contributed by atoms with van der Waals surface area (Å²) in [6, 6.07) is 0. The van der Waals surface area contributed by atoms with Crippen molar-refractivity contribution >= 4 is 11.8 Å². The molecule has 138 valence electrons. The van der Waals surface area contributed by atoms with Crippen LogP contribution in [0.2, 0.25) is 0 Å². The maximum atomic E-state index is 12.1. The zero-order valence-electron chi connectivity index (χ0n) is 15.1. The van der Waals surface area contributed by atoms with E-state index in [4.69, 9.17) is 5.11 Å². The summed E-state index contributed by atoms with van der Waals surface area (Å²) in [5.41, 5.74) is 1.22. The van der Waals surface area contributed by atoms with E-state index in [0.29, 0.717) is 12.2 Å². The third kappa shape index (κ3) is 8.62. The largest absolute Gasteiger partial charge is 0.481 e. The molecule has 2 N–H and O–H groups in total. The van der Waals surface area contributed by atoms with Gasteiger partial charge in [-0.3, -0.25) is 9.59 Å². The standard InChI is InChI=1S/C20H34O4/c1-2-3-6-9-17(21)14-12-16-13-15-19(22)18(16)10-7-4-5-8-11-20(23)24/h13,17-18,21H,2-12,14-15H2,1H3,(H,23,24)/t17-,18+/m0/s1. The van der Waals surface area contributed by atoms with Gasteiger partial charge in [-0.25, -0.2) is 0 Å². The van der Waals surface area contributed by atoms with Crippen molar-refractivity contribution in [3.63, 3.8) is 0 Å². The first kappa shape index (κ1) is 20.9. The molecule has 0 bridgehead atoms. The number of aliphatic hydroxyl groups excluding tert-OH is 1. The van der Waals surface area contributed by atoms with Crippen molar-refractivity contribution in [1.29, 1.82) is 0 Å². The molecule has 0 spiro atoms. The Hall–Kier alpha value is -1.16. The van der Waals surface area contributed by atoms with Crippen molar-refractivity contribution in [2.24, 2.45) is 5.92 Å². The highest BCUT2D eigenvalue weighted by Crippen LogP contribution is 2.31. The van der Waals surface area contributed by atoms with Crippen LogP contribution in [0.15, 0.2) is 11.6 Å². The molecule has 4 heteroatoms. The van der Waals surface area contributed by atoms with Crippen molar-refractivity contribution in [2.45, 2.75) is 96.5 Å². The van der Waals surface area contributed by atoms with Crippen LogP contribution in [0.25, 0.3) is 0 Å². The second-order valence-corrected chi connectivity index (χ2v) is 7.04. The first-order valence-electron chi connectivity index (χ1n) is 9.66. The second-order valence-electron chi connectivity index (χ2n) is 7.04. The SMILES string of the molecule is CCCCC[C@H](O)CCC1=CCC(=O)[C@@H]1CCCCCCC(=O)O. The van der Waals surface area contributed by atoms with Crippen LogP contribution in [0.4, 0.5) is 0 Å². The van der Waals surface area contributed by atoms with Crippen LogP contribution < -0.4 is 0 Å². The Morgan fingerprint density at radius 1 is 1.17 bits per heavy atom. The molecule has 0 saturated carbocycles. The molecule has 2 atom stereocenters. The van der Waals surface area contributed by atoms with E-state index >= 15 is 0 Å². The molecule has 0 saturated heterocycles. The fourth-order valence-electron chi connectivity index (χ4n) is 3.43. The summed E-state index contributed by atoms with van der Waals surface area (Å²) in [5, 5.41) is 18.7. The number of carboxylic acids is 1. The van der Waals surface area contributed by atoms with Gasteiger partial charge in [0.15, 0.2) is 0 Å². The van der Waals surface area contributed by atoms with Gasteiger partial charge in [-0.15, -0.1) is 0 Å². The number of carbonyl (C=O) groups is 2. The molecule has 0 heterocycles. The van der Waals surface area contributed by atoms with Crippen LogP contribution in [-0.2, 0) is 9.59 Å². The molecular weight excluding hydrogens is 304 g/mol. The minimum Gasteiger partial charge on any atom is -0.481 e. The monoisotopic (exact) mass is 338 g/mol. The topological polar surface area (TPSA) is 74.6 Å². The number of ketones is 1. The molecule has 0 aromatic heterocycles. The van der Waals surface area contributed by atoms with Crippen LogP contribution in [-0.4, -0.2) is 28.1 Å². The van der Waals surface area contributed by atoms with Gasteiger partial charge in [0.25, 0.3) is 0 Å². The minimum absolute atomic E-state index is 0.0484. The molecule has 0 radical (unpaired) electrons. The summed E-state index contributed by atoms with van der Waals surface area (Å²) in [6.07, 6.45) is 13.0. The molecule has 24 heavy (non-hydrogen) atoms. The third-order valence-corrected chi connectivity index (χ3v) is 4.94. The van der Waals surface area contributed by atoms with Gasteiger partial charge in [0.1, 0.15) is 5.78 Å². The number of rotatable bonds is 14. The Labute approximate surface area is 146 Å². The van der Waals surface area contributed by atoms with Gasteiger partial charge < -0.3 is 10.2 Å². The average Bonchev–Trinajstić information content (AvgIpc) is 2.89. The molecule has 0 fully saturated rings. The van der Waals surface area contributed by atoms with Gasteiger partial charge in [-0.2, -0.15) is 0 Å². The van der Waals surface area contributed by atoms with Gasteiger partial charge in [-0.05, 0) is 32.1 Å². The minimum atomic E-state index is -0.733. The number of Topliss-reactive ketones (excluding diaryl/α,β-unsaturated/α-hetero) is 1. The highest BCUT2D eigenvalue weighted by molar-refractivity contribution is 5.88.